The Balaban J connectivity index is 1.06. The Kier molecular flexibility index (Phi) is 8.98. The molecule has 5 heterocycles. The summed E-state index contributed by atoms with van der Waals surface area (Å²) in [6, 6.07) is 38.9. The van der Waals surface area contributed by atoms with Crippen LogP contribution in [0.4, 0.5) is 34.1 Å². The van der Waals surface area contributed by atoms with E-state index >= 15 is 0 Å². The van der Waals surface area contributed by atoms with Crippen LogP contribution in [0.3, 0.4) is 0 Å². The first-order valence-corrected chi connectivity index (χ1v) is 34.5. The van der Waals surface area contributed by atoms with Crippen molar-refractivity contribution < 1.29 is 30.2 Å². The topological polar surface area (TPSA) is 16.3 Å². The molecule has 1 aliphatic carbocycles. The molecule has 1 unspecified atom stereocenters. The molecule has 4 nitrogen and oxygen atoms in total. The predicted molar refractivity (Wildman–Crippen MR) is 414 cm³/mol. The van der Waals surface area contributed by atoms with Gasteiger partial charge in [-0.3, -0.25) is 0 Å². The summed E-state index contributed by atoms with van der Waals surface area (Å²) in [5.41, 5.74) is 7.65. The first-order valence-electron chi connectivity index (χ1n) is 43.8. The normalized spacial score (nSPS) is 17.0. The van der Waals surface area contributed by atoms with Crippen LogP contribution in [0.1, 0.15) is 122 Å². The summed E-state index contributed by atoms with van der Waals surface area (Å²) in [5.74, 6) is -1.54. The Labute approximate surface area is 610 Å². The van der Waals surface area contributed by atoms with Gasteiger partial charge in [0.2, 0.25) is 0 Å². The van der Waals surface area contributed by atoms with Crippen molar-refractivity contribution in [2.45, 2.75) is 71.6 Å². The quantitative estimate of drug-likeness (QED) is 0.141. The van der Waals surface area contributed by atoms with Crippen LogP contribution in [0, 0.1) is 6.92 Å². The third-order valence-electron chi connectivity index (χ3n) is 19.6. The summed E-state index contributed by atoms with van der Waals surface area (Å²) in [6.07, 6.45) is -0.323. The van der Waals surface area contributed by atoms with Gasteiger partial charge in [0.05, 0.1) is 16.5 Å². The van der Waals surface area contributed by atoms with Crippen LogP contribution in [0.25, 0.3) is 108 Å². The van der Waals surface area contributed by atoms with E-state index < -0.39 is 158 Å². The van der Waals surface area contributed by atoms with Crippen molar-refractivity contribution in [2.24, 2.45) is 0 Å². The molecule has 19 rings (SSSR count). The van der Waals surface area contributed by atoms with E-state index in [0.717, 1.165) is 33.4 Å². The molecule has 3 aliphatic rings. The van der Waals surface area contributed by atoms with Crippen molar-refractivity contribution in [3.8, 4) is 67.0 Å². The van der Waals surface area contributed by atoms with Gasteiger partial charge in [-0.2, -0.15) is 0 Å². The van der Waals surface area contributed by atoms with Gasteiger partial charge in [-0.1, -0.05) is 124 Å². The molecule has 2 aliphatic heterocycles. The molecule has 98 heavy (non-hydrogen) atoms. The fourth-order valence-corrected chi connectivity index (χ4v) is 17.4. The number of hydrogen-bond donors (Lipinski definition) is 0. The van der Waals surface area contributed by atoms with E-state index in [0.29, 0.717) is 56.1 Å². The molecule has 0 fully saturated rings. The first-order chi connectivity index (χ1) is 57.0. The summed E-state index contributed by atoms with van der Waals surface area (Å²) in [5, 5.41) is -0.217. The van der Waals surface area contributed by atoms with Crippen molar-refractivity contribution in [3.05, 3.63) is 335 Å². The average Bonchev–Trinajstić information content (AvgIpc) is 0.695. The van der Waals surface area contributed by atoms with E-state index in [1.165, 1.54) is 9.13 Å². The number of fused-ring (bicyclic) bond motifs is 14. The van der Waals surface area contributed by atoms with Gasteiger partial charge in [0.1, 0.15) is 0 Å². The van der Waals surface area contributed by atoms with Gasteiger partial charge in [-0.05, 0) is 51.4 Å². The van der Waals surface area contributed by atoms with E-state index in [2.05, 4.69) is 65.8 Å². The maximum absolute atomic E-state index is 11.8. The second kappa shape index (κ2) is 22.0. The Morgan fingerprint density at radius 2 is 0.847 bits per heavy atom. The van der Waals surface area contributed by atoms with Crippen LogP contribution in [0.2, 0.25) is 0 Å². The van der Waals surface area contributed by atoms with Crippen LogP contribution in [0.5, 0.6) is 0 Å². The van der Waals surface area contributed by atoms with Gasteiger partial charge in [0.15, 0.2) is 0 Å². The van der Waals surface area contributed by atoms with Crippen molar-refractivity contribution in [1.29, 1.82) is 0 Å². The molecule has 1 atom stereocenters. The number of para-hydroxylation sites is 2. The SMILES string of the molecule is [2H]c1c([2H])c([2H])c2c(c1[2H])Cc1c-2c2c([2H])c([2H])c([2H])c([2H])c2n1-c1c([2H])c([2H])c2c(c1[2H])N(c1c(-c3ccccc3)cc(C(C)(C)C)cc1-c1ccccc1)c1cc(C)cc3c1C2c1c([2H])c([2H])c(-n2c4[se]c5c([2H])c([2H])c([2H])c([2H])c5c4c4c([2H])c([2H])c([2H])c([2H])c42)c([2H])c1N3c1c(-c2ccccc2)cc(C(C)(C)C)cc1-c1ccccc1. The summed E-state index contributed by atoms with van der Waals surface area (Å²) in [4.78, 5) is 3.88. The Bertz CT molecular complexity index is 7190. The minimum atomic E-state index is -1.54. The molecule has 3 aromatic heterocycles. The van der Waals surface area contributed by atoms with E-state index in [1.807, 2.05) is 150 Å². The van der Waals surface area contributed by atoms with E-state index in [-0.39, 0.29) is 110 Å². The monoisotopic (exact) mass is 1350 g/mol. The van der Waals surface area contributed by atoms with Crippen LogP contribution in [-0.4, -0.2) is 23.6 Å². The number of rotatable bonds is 8. The van der Waals surface area contributed by atoms with Gasteiger partial charge in [-0.25, -0.2) is 0 Å². The molecule has 13 aromatic carbocycles. The molecule has 5 heteroatoms. The van der Waals surface area contributed by atoms with Crippen LogP contribution in [-0.2, 0) is 17.3 Å². The number of aromatic nitrogens is 2. The standard InChI is InChI=1S/C93H72N4Se/c1-57-48-81-88-82(49-57)97(90-75(60-32-16-10-17-33-60)53-64(93(5,6)7)54-76(90)61-34-18-11-19-35-61)80-56-66(95-78-42-26-23-39-69(78)87-72-40-24-27-43-84(72)98-91(87)95)45-47-71(80)86(88)70-46-44-65(94-77-41-25-22-38-68(77)85-67-37-21-20-36-62(67)50-83(85)94)55-79(70)96(81)89-73(58-28-12-8-13-29-58)51-63(92(2,3)4)52-74(89)59-30-14-9-15-31-59/h8-49,51-56,86H,50H2,1-7H3/i20D,21D,22D,23D,24D,25D,26D,27D,36D,37D,38D,39D,40D,41D,42D,43D,44D,45D,46D,47D,55D,56D. The zero-order chi connectivity index (χ0) is 85.0. The van der Waals surface area contributed by atoms with E-state index in [9.17, 15) is 24.7 Å². The molecule has 0 bridgehead atoms. The van der Waals surface area contributed by atoms with E-state index in [1.54, 1.807) is 0 Å². The third kappa shape index (κ3) is 8.96. The number of aryl methyl sites for hydroxylation is 1. The summed E-state index contributed by atoms with van der Waals surface area (Å²) in [7, 11) is 0. The number of anilines is 6. The third-order valence-corrected chi connectivity index (χ3v) is 21.9. The second-order valence-electron chi connectivity index (χ2n) is 27.6. The molecule has 16 aromatic rings. The summed E-state index contributed by atoms with van der Waals surface area (Å²) >= 11 is -1.20. The van der Waals surface area contributed by atoms with Crippen molar-refractivity contribution >= 4 is 89.9 Å². The fraction of sp³-hybridized carbons (Fsp3) is 0.118. The Morgan fingerprint density at radius 1 is 0.418 bits per heavy atom. The van der Waals surface area contributed by atoms with Crippen LogP contribution < -0.4 is 9.80 Å². The predicted octanol–water partition coefficient (Wildman–Crippen LogP) is 24.8. The molecule has 0 radical (unpaired) electrons. The number of benzene rings is 13. The zero-order valence-corrected chi connectivity index (χ0v) is 56.2. The van der Waals surface area contributed by atoms with Gasteiger partial charge < -0.3 is 0 Å². The fourth-order valence-electron chi connectivity index (χ4n) is 15.1. The van der Waals surface area contributed by atoms with Crippen LogP contribution in [0.15, 0.2) is 291 Å². The van der Waals surface area contributed by atoms with Crippen molar-refractivity contribution in [2.75, 3.05) is 9.80 Å². The first kappa shape index (κ1) is 39.9. The number of hydrogen-bond acceptors (Lipinski definition) is 2. The second-order valence-corrected chi connectivity index (χ2v) is 29.6. The Hall–Kier alpha value is -10.9. The molecule has 0 saturated carbocycles. The molecule has 470 valence electrons. The summed E-state index contributed by atoms with van der Waals surface area (Å²) < 4.78 is 222. The van der Waals surface area contributed by atoms with E-state index in [4.69, 9.17) is 5.48 Å². The van der Waals surface area contributed by atoms with Gasteiger partial charge in [0, 0.05) is 23.1 Å². The minimum absolute atomic E-state index is 0.000398. The molecule has 0 spiro atoms. The maximum atomic E-state index is 11.8. The van der Waals surface area contributed by atoms with Crippen molar-refractivity contribution in [1.82, 2.24) is 9.13 Å². The number of nitrogens with zero attached hydrogens (tertiary/aromatic N) is 4. The molecular weight excluding hydrogens is 1250 g/mol. The van der Waals surface area contributed by atoms with Gasteiger partial charge in [-0.15, -0.1) is 0 Å². The zero-order valence-electron chi connectivity index (χ0n) is 76.5. The molecule has 0 N–H and O–H groups in total. The molecule has 0 amide bonds. The van der Waals surface area contributed by atoms with Gasteiger partial charge >= 0.3 is 398 Å². The molecular formula is C93H72N4Se. The van der Waals surface area contributed by atoms with Crippen molar-refractivity contribution in [3.63, 3.8) is 0 Å². The van der Waals surface area contributed by atoms with Crippen LogP contribution >= 0.6 is 0 Å². The summed E-state index contributed by atoms with van der Waals surface area (Å²) in [6.45, 7) is 14.6. The average molecular weight is 1350 g/mol. The Morgan fingerprint density at radius 3 is 1.35 bits per heavy atom. The van der Waals surface area contributed by atoms with Gasteiger partial charge in [0.25, 0.3) is 0 Å². The molecule has 0 saturated heterocycles.